The molecule has 1 aromatic heterocycles. The van der Waals surface area contributed by atoms with Gasteiger partial charge in [-0.25, -0.2) is 8.78 Å². The van der Waals surface area contributed by atoms with Gasteiger partial charge in [-0.3, -0.25) is 4.90 Å². The minimum Gasteiger partial charge on any atom is -0.297 e. The Hall–Kier alpha value is -0.740. The zero-order chi connectivity index (χ0) is 15.6. The minimum atomic E-state index is -2.59. The smallest absolute Gasteiger partial charge is 0.257 e. The molecule has 118 valence electrons. The van der Waals surface area contributed by atoms with Gasteiger partial charge in [-0.2, -0.15) is 0 Å². The van der Waals surface area contributed by atoms with Crippen molar-refractivity contribution in [1.82, 2.24) is 4.90 Å². The molecular formula is C17H25F2NS. The number of piperidine rings is 1. The van der Waals surface area contributed by atoms with E-state index in [1.165, 1.54) is 26.5 Å². The number of likely N-dealkylation sites (tertiary alicyclic amines) is 1. The van der Waals surface area contributed by atoms with Crippen molar-refractivity contribution in [1.29, 1.82) is 0 Å². The molecule has 0 saturated carbocycles. The Morgan fingerprint density at radius 3 is 2.33 bits per heavy atom. The number of hydrogen-bond donors (Lipinski definition) is 0. The first-order chi connectivity index (χ1) is 9.80. The molecule has 1 fully saturated rings. The molecular weight excluding hydrogens is 288 g/mol. The van der Waals surface area contributed by atoms with E-state index in [1.807, 2.05) is 16.2 Å². The number of allylic oxidation sites excluding steroid dienone is 1. The lowest BCUT2D eigenvalue weighted by atomic mass is 9.94. The summed E-state index contributed by atoms with van der Waals surface area (Å²) in [4.78, 5) is 4.64. The van der Waals surface area contributed by atoms with E-state index >= 15 is 0 Å². The van der Waals surface area contributed by atoms with E-state index in [1.54, 1.807) is 0 Å². The van der Waals surface area contributed by atoms with E-state index in [-0.39, 0.29) is 6.54 Å². The fourth-order valence-corrected chi connectivity index (χ4v) is 4.38. The molecule has 0 bridgehead atoms. The third kappa shape index (κ3) is 4.36. The predicted octanol–water partition coefficient (Wildman–Crippen LogP) is 5.28. The Kier molecular flexibility index (Phi) is 5.20. The number of hydrogen-bond acceptors (Lipinski definition) is 2. The summed E-state index contributed by atoms with van der Waals surface area (Å²) in [5.74, 6) is -2.59. The van der Waals surface area contributed by atoms with Gasteiger partial charge in [0.25, 0.3) is 5.92 Å². The molecule has 0 N–H and O–H groups in total. The van der Waals surface area contributed by atoms with Crippen LogP contribution in [0.1, 0.15) is 48.4 Å². The van der Waals surface area contributed by atoms with Gasteiger partial charge in [0.2, 0.25) is 0 Å². The Labute approximate surface area is 130 Å². The fraction of sp³-hybridized carbons (Fsp3) is 0.647. The molecule has 0 atom stereocenters. The zero-order valence-corrected chi connectivity index (χ0v) is 14.2. The van der Waals surface area contributed by atoms with Gasteiger partial charge in [-0.05, 0) is 50.3 Å². The lowest BCUT2D eigenvalue weighted by Gasteiger charge is -2.31. The first-order valence-electron chi connectivity index (χ1n) is 7.68. The van der Waals surface area contributed by atoms with Crippen molar-refractivity contribution in [2.24, 2.45) is 0 Å². The van der Waals surface area contributed by atoms with E-state index in [0.29, 0.717) is 0 Å². The summed E-state index contributed by atoms with van der Waals surface area (Å²) in [5.41, 5.74) is 4.27. The summed E-state index contributed by atoms with van der Waals surface area (Å²) in [6, 6.07) is 2.24. The molecule has 1 aliphatic heterocycles. The quantitative estimate of drug-likeness (QED) is 0.731. The highest BCUT2D eigenvalue weighted by Gasteiger charge is 2.27. The van der Waals surface area contributed by atoms with Crippen LogP contribution in [0.25, 0.3) is 5.57 Å². The van der Waals surface area contributed by atoms with Gasteiger partial charge in [-0.15, -0.1) is 11.3 Å². The Morgan fingerprint density at radius 1 is 1.29 bits per heavy atom. The lowest BCUT2D eigenvalue weighted by molar-refractivity contribution is -0.0161. The molecule has 1 aromatic rings. The van der Waals surface area contributed by atoms with Gasteiger partial charge >= 0.3 is 0 Å². The summed E-state index contributed by atoms with van der Waals surface area (Å²) in [6.07, 6.45) is 2.88. The maximum Gasteiger partial charge on any atom is 0.257 e. The summed E-state index contributed by atoms with van der Waals surface area (Å²) in [6.45, 7) is 8.92. The first-order valence-corrected chi connectivity index (χ1v) is 8.50. The Morgan fingerprint density at radius 2 is 1.90 bits per heavy atom. The highest BCUT2D eigenvalue weighted by molar-refractivity contribution is 7.13. The topological polar surface area (TPSA) is 3.24 Å². The average Bonchev–Trinajstić information content (AvgIpc) is 2.70. The summed E-state index contributed by atoms with van der Waals surface area (Å²) >= 11 is 1.86. The fourth-order valence-electron chi connectivity index (χ4n) is 3.19. The van der Waals surface area contributed by atoms with Gasteiger partial charge in [-0.1, -0.05) is 12.5 Å². The SMILES string of the molecule is CCC(=C1CCN(CC(C)(F)F)CC1)c1sc(C)cc1C. The van der Waals surface area contributed by atoms with Crippen LogP contribution in [0.15, 0.2) is 11.6 Å². The highest BCUT2D eigenvalue weighted by atomic mass is 32.1. The molecule has 0 amide bonds. The maximum atomic E-state index is 13.1. The molecule has 2 heterocycles. The van der Waals surface area contributed by atoms with E-state index < -0.39 is 5.92 Å². The molecule has 0 spiro atoms. The summed E-state index contributed by atoms with van der Waals surface area (Å²) in [5, 5.41) is 0. The Bertz CT molecular complexity index is 515. The number of nitrogens with zero attached hydrogens (tertiary/aromatic N) is 1. The van der Waals surface area contributed by atoms with Crippen molar-refractivity contribution in [3.63, 3.8) is 0 Å². The predicted molar refractivity (Wildman–Crippen MR) is 87.3 cm³/mol. The first kappa shape index (κ1) is 16.6. The van der Waals surface area contributed by atoms with Crippen LogP contribution >= 0.6 is 11.3 Å². The second-order valence-electron chi connectivity index (χ2n) is 6.15. The number of aryl methyl sites for hydroxylation is 2. The second-order valence-corrected chi connectivity index (χ2v) is 7.41. The van der Waals surface area contributed by atoms with Crippen molar-refractivity contribution in [2.75, 3.05) is 19.6 Å². The van der Waals surface area contributed by atoms with Crippen LogP contribution in [0.5, 0.6) is 0 Å². The van der Waals surface area contributed by atoms with E-state index in [0.717, 1.165) is 39.3 Å². The van der Waals surface area contributed by atoms with Crippen LogP contribution in [0.3, 0.4) is 0 Å². The second kappa shape index (κ2) is 6.57. The molecule has 0 aliphatic carbocycles. The standard InChI is InChI=1S/C17H25F2NS/c1-5-15(16-12(2)10-13(3)21-16)14-6-8-20(9-7-14)11-17(4,18)19/h10H,5-9,11H2,1-4H3. The van der Waals surface area contributed by atoms with Crippen LogP contribution in [0, 0.1) is 13.8 Å². The van der Waals surface area contributed by atoms with E-state index in [9.17, 15) is 8.78 Å². The molecule has 1 saturated heterocycles. The summed E-state index contributed by atoms with van der Waals surface area (Å²) in [7, 11) is 0. The number of alkyl halides is 2. The number of halogens is 2. The van der Waals surface area contributed by atoms with Crippen LogP contribution in [0.2, 0.25) is 0 Å². The van der Waals surface area contributed by atoms with Gasteiger partial charge in [0.15, 0.2) is 0 Å². The van der Waals surface area contributed by atoms with Crippen molar-refractivity contribution >= 4 is 16.9 Å². The molecule has 0 unspecified atom stereocenters. The van der Waals surface area contributed by atoms with E-state index in [2.05, 4.69) is 26.8 Å². The van der Waals surface area contributed by atoms with E-state index in [4.69, 9.17) is 0 Å². The third-order valence-corrected chi connectivity index (χ3v) is 5.27. The van der Waals surface area contributed by atoms with Gasteiger partial charge in [0.1, 0.15) is 0 Å². The van der Waals surface area contributed by atoms with Crippen LogP contribution in [-0.2, 0) is 0 Å². The monoisotopic (exact) mass is 313 g/mol. The molecule has 1 aliphatic rings. The molecule has 21 heavy (non-hydrogen) atoms. The minimum absolute atomic E-state index is 0.112. The maximum absolute atomic E-state index is 13.1. The molecule has 0 aromatic carbocycles. The van der Waals surface area contributed by atoms with Crippen molar-refractivity contribution < 1.29 is 8.78 Å². The number of thiophene rings is 1. The van der Waals surface area contributed by atoms with Crippen molar-refractivity contribution in [2.45, 2.75) is 52.9 Å². The van der Waals surface area contributed by atoms with Gasteiger partial charge < -0.3 is 0 Å². The summed E-state index contributed by atoms with van der Waals surface area (Å²) < 4.78 is 26.2. The Balaban J connectivity index is 2.12. The average molecular weight is 313 g/mol. The largest absolute Gasteiger partial charge is 0.297 e. The van der Waals surface area contributed by atoms with Crippen LogP contribution in [0.4, 0.5) is 8.78 Å². The normalized spacial score (nSPS) is 17.3. The van der Waals surface area contributed by atoms with Gasteiger partial charge in [0, 0.05) is 29.8 Å². The number of rotatable bonds is 4. The molecule has 0 radical (unpaired) electrons. The molecule has 2 rings (SSSR count). The molecule has 1 nitrogen and oxygen atoms in total. The van der Waals surface area contributed by atoms with Crippen molar-refractivity contribution in [3.05, 3.63) is 27.0 Å². The highest BCUT2D eigenvalue weighted by Crippen LogP contribution is 2.35. The van der Waals surface area contributed by atoms with Gasteiger partial charge in [0.05, 0.1) is 6.54 Å². The van der Waals surface area contributed by atoms with Crippen LogP contribution < -0.4 is 0 Å². The lowest BCUT2D eigenvalue weighted by Crippen LogP contribution is -2.39. The zero-order valence-electron chi connectivity index (χ0n) is 13.4. The van der Waals surface area contributed by atoms with Crippen molar-refractivity contribution in [3.8, 4) is 0 Å². The molecule has 4 heteroatoms. The third-order valence-electron chi connectivity index (χ3n) is 4.06. The van der Waals surface area contributed by atoms with Crippen LogP contribution in [-0.4, -0.2) is 30.5 Å².